The van der Waals surface area contributed by atoms with E-state index in [2.05, 4.69) is 6.58 Å². The monoisotopic (exact) mass is 219 g/mol. The van der Waals surface area contributed by atoms with Gasteiger partial charge in [-0.3, -0.25) is 4.57 Å². The van der Waals surface area contributed by atoms with Gasteiger partial charge < -0.3 is 14.8 Å². The van der Waals surface area contributed by atoms with Crippen molar-refractivity contribution in [2.75, 3.05) is 13.2 Å². The molecule has 1 rings (SSSR count). The zero-order valence-corrected chi connectivity index (χ0v) is 9.63. The quantitative estimate of drug-likeness (QED) is 0.549. The Bertz CT molecular complexity index is 259. The lowest BCUT2D eigenvalue weighted by atomic mass is 10.4. The maximum atomic E-state index is 12.2. The summed E-state index contributed by atoms with van der Waals surface area (Å²) in [5.41, 5.74) is 5.97. The van der Waals surface area contributed by atoms with Crippen LogP contribution in [0.4, 0.5) is 0 Å². The Hall–Kier alpha value is -0.150. The maximum absolute atomic E-state index is 12.2. The Balaban J connectivity index is 2.78. The van der Waals surface area contributed by atoms with Crippen LogP contribution in [0, 0.1) is 5.92 Å². The van der Waals surface area contributed by atoms with Gasteiger partial charge in [0.15, 0.2) is 0 Å². The van der Waals surface area contributed by atoms with E-state index in [-0.39, 0.29) is 5.92 Å². The molecule has 0 bridgehead atoms. The minimum absolute atomic E-state index is 0.0476. The van der Waals surface area contributed by atoms with Crippen molar-refractivity contribution in [3.05, 3.63) is 12.7 Å². The first kappa shape index (κ1) is 11.9. The molecule has 4 nitrogen and oxygen atoms in total. The van der Waals surface area contributed by atoms with E-state index in [1.807, 2.05) is 0 Å². The topological polar surface area (TPSA) is 61.6 Å². The lowest BCUT2D eigenvalue weighted by Crippen LogP contribution is -2.27. The van der Waals surface area contributed by atoms with Crippen LogP contribution in [0.25, 0.3) is 0 Å². The first-order valence-corrected chi connectivity index (χ1v) is 6.39. The van der Waals surface area contributed by atoms with Crippen molar-refractivity contribution in [1.29, 1.82) is 0 Å². The molecule has 2 atom stereocenters. The zero-order valence-electron chi connectivity index (χ0n) is 8.73. The highest BCUT2D eigenvalue weighted by Crippen LogP contribution is 2.71. The third kappa shape index (κ3) is 1.80. The Labute approximate surface area is 85.0 Å². The van der Waals surface area contributed by atoms with Crippen LogP contribution in [-0.4, -0.2) is 18.5 Å². The Morgan fingerprint density at radius 1 is 1.57 bits per heavy atom. The Kier molecular flexibility index (Phi) is 3.53. The van der Waals surface area contributed by atoms with Crippen LogP contribution in [0.3, 0.4) is 0 Å². The van der Waals surface area contributed by atoms with Crippen LogP contribution in [0.15, 0.2) is 12.7 Å². The van der Waals surface area contributed by atoms with Crippen molar-refractivity contribution >= 4 is 7.60 Å². The van der Waals surface area contributed by atoms with Crippen LogP contribution < -0.4 is 5.73 Å². The van der Waals surface area contributed by atoms with E-state index >= 15 is 0 Å². The van der Waals surface area contributed by atoms with Gasteiger partial charge in [-0.1, -0.05) is 6.08 Å². The molecule has 82 valence electrons. The lowest BCUT2D eigenvalue weighted by molar-refractivity contribution is 0.208. The minimum Gasteiger partial charge on any atom is -0.315 e. The summed E-state index contributed by atoms with van der Waals surface area (Å²) in [6.07, 6.45) is 2.35. The molecule has 1 saturated carbocycles. The molecule has 14 heavy (non-hydrogen) atoms. The normalized spacial score (nSPS) is 31.5. The largest absolute Gasteiger partial charge is 0.350 e. The highest BCUT2D eigenvalue weighted by atomic mass is 31.2. The lowest BCUT2D eigenvalue weighted by Gasteiger charge is -2.23. The highest BCUT2D eigenvalue weighted by molar-refractivity contribution is 7.56. The van der Waals surface area contributed by atoms with E-state index in [1.165, 1.54) is 0 Å². The number of rotatable bonds is 6. The fourth-order valence-electron chi connectivity index (χ4n) is 1.51. The SMILES string of the molecule is C=CC1C[C@]1(N)P(=O)(OCC)OCC. The summed E-state index contributed by atoms with van der Waals surface area (Å²) in [6.45, 7) is 7.89. The molecule has 0 saturated heterocycles. The smallest absolute Gasteiger partial charge is 0.315 e. The van der Waals surface area contributed by atoms with Crippen molar-refractivity contribution < 1.29 is 13.6 Å². The van der Waals surface area contributed by atoms with E-state index in [0.717, 1.165) is 0 Å². The fraction of sp³-hybridized carbons (Fsp3) is 0.778. The summed E-state index contributed by atoms with van der Waals surface area (Å²) < 4.78 is 22.6. The van der Waals surface area contributed by atoms with Crippen molar-refractivity contribution in [2.24, 2.45) is 11.7 Å². The van der Waals surface area contributed by atoms with E-state index in [4.69, 9.17) is 14.8 Å². The standard InChI is InChI=1S/C9H18NO3P/c1-4-8-7-9(8,10)14(11,12-5-2)13-6-3/h4,8H,1,5-7,10H2,2-3H3/t8?,9-/m0/s1. The molecule has 5 heteroatoms. The summed E-state index contributed by atoms with van der Waals surface area (Å²) in [5, 5.41) is -0.833. The number of hydrogen-bond donors (Lipinski definition) is 1. The molecule has 1 fully saturated rings. The predicted octanol–water partition coefficient (Wildman–Crippen LogP) is 2.11. The number of nitrogens with two attached hydrogens (primary N) is 1. The summed E-state index contributed by atoms with van der Waals surface area (Å²) in [6, 6.07) is 0. The van der Waals surface area contributed by atoms with Crippen molar-refractivity contribution in [1.82, 2.24) is 0 Å². The van der Waals surface area contributed by atoms with E-state index < -0.39 is 12.9 Å². The van der Waals surface area contributed by atoms with Crippen molar-refractivity contribution in [3.63, 3.8) is 0 Å². The molecule has 1 unspecified atom stereocenters. The van der Waals surface area contributed by atoms with Gasteiger partial charge in [0, 0.05) is 5.92 Å². The molecule has 0 aromatic carbocycles. The fourth-order valence-corrected chi connectivity index (χ4v) is 3.68. The van der Waals surface area contributed by atoms with Gasteiger partial charge in [-0.2, -0.15) is 0 Å². The van der Waals surface area contributed by atoms with Crippen LogP contribution in [-0.2, 0) is 13.6 Å². The molecule has 0 aromatic rings. The average molecular weight is 219 g/mol. The third-order valence-electron chi connectivity index (χ3n) is 2.42. The van der Waals surface area contributed by atoms with Gasteiger partial charge in [-0.25, -0.2) is 0 Å². The molecular formula is C9H18NO3P. The molecule has 0 spiro atoms. The Morgan fingerprint density at radius 2 is 2.07 bits per heavy atom. The van der Waals surface area contributed by atoms with Gasteiger partial charge in [0.25, 0.3) is 0 Å². The second-order valence-electron chi connectivity index (χ2n) is 3.37. The Morgan fingerprint density at radius 3 is 2.36 bits per heavy atom. The van der Waals surface area contributed by atoms with Crippen LogP contribution in [0.5, 0.6) is 0 Å². The van der Waals surface area contributed by atoms with E-state index in [0.29, 0.717) is 19.6 Å². The molecule has 0 aliphatic heterocycles. The third-order valence-corrected chi connectivity index (χ3v) is 5.15. The van der Waals surface area contributed by atoms with Gasteiger partial charge in [0.1, 0.15) is 5.28 Å². The van der Waals surface area contributed by atoms with Gasteiger partial charge in [0.05, 0.1) is 13.2 Å². The molecule has 0 radical (unpaired) electrons. The van der Waals surface area contributed by atoms with Gasteiger partial charge in [-0.05, 0) is 20.3 Å². The zero-order chi connectivity index (χ0) is 10.8. The van der Waals surface area contributed by atoms with Crippen LogP contribution in [0.1, 0.15) is 20.3 Å². The number of hydrogen-bond acceptors (Lipinski definition) is 4. The second-order valence-corrected chi connectivity index (χ2v) is 5.71. The van der Waals surface area contributed by atoms with Crippen molar-refractivity contribution in [3.8, 4) is 0 Å². The maximum Gasteiger partial charge on any atom is 0.350 e. The van der Waals surface area contributed by atoms with Crippen LogP contribution >= 0.6 is 7.60 Å². The highest BCUT2D eigenvalue weighted by Gasteiger charge is 2.64. The van der Waals surface area contributed by atoms with E-state index in [1.54, 1.807) is 19.9 Å². The first-order valence-electron chi connectivity index (χ1n) is 4.84. The molecule has 1 aliphatic carbocycles. The molecule has 0 amide bonds. The van der Waals surface area contributed by atoms with E-state index in [9.17, 15) is 4.57 Å². The molecular weight excluding hydrogens is 201 g/mol. The van der Waals surface area contributed by atoms with Gasteiger partial charge >= 0.3 is 7.60 Å². The summed E-state index contributed by atoms with van der Waals surface area (Å²) in [7, 11) is -3.16. The predicted molar refractivity (Wildman–Crippen MR) is 56.1 cm³/mol. The van der Waals surface area contributed by atoms with Gasteiger partial charge in [-0.15, -0.1) is 6.58 Å². The molecule has 0 aromatic heterocycles. The summed E-state index contributed by atoms with van der Waals surface area (Å²) in [5.74, 6) is 0.0476. The molecule has 1 aliphatic rings. The average Bonchev–Trinajstić information content (AvgIpc) is 2.80. The molecule has 2 N–H and O–H groups in total. The van der Waals surface area contributed by atoms with Crippen molar-refractivity contribution in [2.45, 2.75) is 25.5 Å². The summed E-state index contributed by atoms with van der Waals surface area (Å²) >= 11 is 0. The second kappa shape index (κ2) is 4.15. The minimum atomic E-state index is -3.16. The van der Waals surface area contributed by atoms with Gasteiger partial charge in [0.2, 0.25) is 0 Å². The van der Waals surface area contributed by atoms with Crippen LogP contribution in [0.2, 0.25) is 0 Å². The summed E-state index contributed by atoms with van der Waals surface area (Å²) in [4.78, 5) is 0. The first-order chi connectivity index (χ1) is 6.54. The molecule has 0 heterocycles.